The number of carbonyl (C=O) groups is 3. The highest BCUT2D eigenvalue weighted by Gasteiger charge is 2.29. The van der Waals surface area contributed by atoms with Crippen LogP contribution in [0.3, 0.4) is 0 Å². The summed E-state index contributed by atoms with van der Waals surface area (Å²) in [4.78, 5) is 36.2. The van der Waals surface area contributed by atoms with Gasteiger partial charge in [0.1, 0.15) is 6.10 Å². The summed E-state index contributed by atoms with van der Waals surface area (Å²) in [5.74, 6) is -1.07. The molecule has 216 valence electrons. The summed E-state index contributed by atoms with van der Waals surface area (Å²) in [7, 11) is 1.66. The van der Waals surface area contributed by atoms with E-state index in [1.165, 1.54) is 19.4 Å². The number of hydrogen-bond acceptors (Lipinski definition) is 9. The molecule has 4 rings (SSSR count). The van der Waals surface area contributed by atoms with Crippen LogP contribution in [0.1, 0.15) is 31.2 Å². The maximum Gasteiger partial charge on any atom is 0.335 e. The molecule has 3 fully saturated rings. The quantitative estimate of drug-likeness (QED) is 0.303. The zero-order valence-electron chi connectivity index (χ0n) is 22.1. The number of carbonyl (C=O) groups excluding carboxylic acids is 1. The molecule has 1 aliphatic carbocycles. The van der Waals surface area contributed by atoms with E-state index in [-0.39, 0.29) is 12.0 Å². The Morgan fingerprint density at radius 3 is 2.13 bits per heavy atom. The van der Waals surface area contributed by atoms with Crippen molar-refractivity contribution in [3.8, 4) is 11.5 Å². The molecule has 0 radical (unpaired) electrons. The molecule has 12 nitrogen and oxygen atoms in total. The van der Waals surface area contributed by atoms with Crippen molar-refractivity contribution in [2.24, 2.45) is 5.92 Å². The van der Waals surface area contributed by atoms with Crippen LogP contribution in [0.15, 0.2) is 24.3 Å². The number of aliphatic hydroxyl groups is 2. The Morgan fingerprint density at radius 1 is 0.974 bits per heavy atom. The first-order valence-corrected chi connectivity index (χ1v) is 13.1. The van der Waals surface area contributed by atoms with Crippen LogP contribution in [0, 0.1) is 5.92 Å². The van der Waals surface area contributed by atoms with Crippen LogP contribution in [-0.4, -0.2) is 119 Å². The maximum absolute atomic E-state index is 12.3. The summed E-state index contributed by atoms with van der Waals surface area (Å²) in [6.45, 7) is 6.03. The molecule has 0 spiro atoms. The Bertz CT molecular complexity index is 980. The topological polar surface area (TPSA) is 166 Å². The maximum atomic E-state index is 12.3. The van der Waals surface area contributed by atoms with Crippen molar-refractivity contribution in [1.29, 1.82) is 0 Å². The lowest BCUT2D eigenvalue weighted by molar-refractivity contribution is -0.165. The van der Waals surface area contributed by atoms with Gasteiger partial charge < -0.3 is 44.4 Å². The van der Waals surface area contributed by atoms with E-state index in [0.717, 1.165) is 43.2 Å². The van der Waals surface area contributed by atoms with Gasteiger partial charge in [0.15, 0.2) is 23.7 Å². The van der Waals surface area contributed by atoms with Gasteiger partial charge in [0, 0.05) is 38.8 Å². The van der Waals surface area contributed by atoms with Gasteiger partial charge in [-0.25, -0.2) is 9.59 Å². The van der Waals surface area contributed by atoms with Gasteiger partial charge >= 0.3 is 11.9 Å². The fourth-order valence-corrected chi connectivity index (χ4v) is 4.27. The van der Waals surface area contributed by atoms with Crippen molar-refractivity contribution < 1.29 is 49.0 Å². The standard InChI is InChI=1S/C23H32N2O4.C4H6O6/c1-27-22-16-18(5-7-23(26)25-12-14-28-15-13-25)4-6-21(22)29-20-8-10-24(11-9-20)17-19-2-3-19;5-1(3(7)8)2(6)4(9)10/h4-7,16,19-20H,2-3,8-15,17H2,1H3;1-2,5-6H,(H,7,8)(H,9,10)/b7-5+;/t;1-,2-/m.1/s1. The molecule has 2 heterocycles. The van der Waals surface area contributed by atoms with E-state index in [4.69, 9.17) is 34.6 Å². The Balaban J connectivity index is 0.000000360. The molecule has 1 saturated carbocycles. The van der Waals surface area contributed by atoms with E-state index in [1.54, 1.807) is 13.2 Å². The second-order valence-electron chi connectivity index (χ2n) is 9.81. The van der Waals surface area contributed by atoms with E-state index in [9.17, 15) is 14.4 Å². The number of likely N-dealkylation sites (tertiary alicyclic amines) is 1. The number of carboxylic acid groups (broad SMARTS) is 2. The molecule has 2 aliphatic heterocycles. The lowest BCUT2D eigenvalue weighted by Crippen LogP contribution is -2.39. The summed E-state index contributed by atoms with van der Waals surface area (Å²) in [6, 6.07) is 5.86. The summed E-state index contributed by atoms with van der Waals surface area (Å²) in [5, 5.41) is 32.5. The first-order chi connectivity index (χ1) is 18.7. The Morgan fingerprint density at radius 2 is 1.59 bits per heavy atom. The van der Waals surface area contributed by atoms with E-state index in [2.05, 4.69) is 4.90 Å². The van der Waals surface area contributed by atoms with Crippen LogP contribution in [0.2, 0.25) is 0 Å². The number of nitrogens with zero attached hydrogens (tertiary/aromatic N) is 2. The SMILES string of the molecule is COc1cc(/C=C/C(=O)N2CCOCC2)ccc1OC1CCN(CC2CC2)CC1.O=C(O)[C@H](O)[C@@H](O)C(=O)O. The number of aliphatic carboxylic acids is 2. The van der Waals surface area contributed by atoms with Gasteiger partial charge in [-0.1, -0.05) is 6.07 Å². The van der Waals surface area contributed by atoms with Gasteiger partial charge in [-0.15, -0.1) is 0 Å². The number of methoxy groups -OCH3 is 1. The van der Waals surface area contributed by atoms with Crippen molar-refractivity contribution in [3.05, 3.63) is 29.8 Å². The normalized spacial score (nSPS) is 20.0. The van der Waals surface area contributed by atoms with E-state index in [1.807, 2.05) is 29.2 Å². The molecule has 4 N–H and O–H groups in total. The zero-order valence-corrected chi connectivity index (χ0v) is 22.1. The molecule has 1 aromatic rings. The third-order valence-electron chi connectivity index (χ3n) is 6.78. The third-order valence-corrected chi connectivity index (χ3v) is 6.78. The number of hydrogen-bond donors (Lipinski definition) is 4. The average molecular weight is 551 g/mol. The molecule has 3 aliphatic rings. The minimum atomic E-state index is -2.27. The van der Waals surface area contributed by atoms with Gasteiger partial charge in [0.25, 0.3) is 0 Å². The van der Waals surface area contributed by atoms with Crippen LogP contribution in [0.5, 0.6) is 11.5 Å². The van der Waals surface area contributed by atoms with Gasteiger partial charge in [0.2, 0.25) is 5.91 Å². The van der Waals surface area contributed by atoms with Crippen LogP contribution >= 0.6 is 0 Å². The average Bonchev–Trinajstić information content (AvgIpc) is 3.77. The van der Waals surface area contributed by atoms with Crippen molar-refractivity contribution >= 4 is 23.9 Å². The predicted octanol–water partition coefficient (Wildman–Crippen LogP) is 0.698. The van der Waals surface area contributed by atoms with Crippen LogP contribution < -0.4 is 9.47 Å². The Labute approximate surface area is 227 Å². The number of piperidine rings is 1. The monoisotopic (exact) mass is 550 g/mol. The fourth-order valence-electron chi connectivity index (χ4n) is 4.27. The van der Waals surface area contributed by atoms with Gasteiger partial charge in [-0.05, 0) is 55.4 Å². The van der Waals surface area contributed by atoms with E-state index >= 15 is 0 Å². The highest BCUT2D eigenvalue weighted by molar-refractivity contribution is 5.92. The second-order valence-corrected chi connectivity index (χ2v) is 9.81. The smallest absolute Gasteiger partial charge is 0.335 e. The van der Waals surface area contributed by atoms with Crippen molar-refractivity contribution in [1.82, 2.24) is 9.80 Å². The number of aliphatic hydroxyl groups excluding tert-OH is 2. The molecular weight excluding hydrogens is 512 g/mol. The lowest BCUT2D eigenvalue weighted by Gasteiger charge is -2.32. The largest absolute Gasteiger partial charge is 0.493 e. The molecule has 12 heteroatoms. The Hall–Kier alpha value is -3.19. The fraction of sp³-hybridized carbons (Fsp3) is 0.593. The van der Waals surface area contributed by atoms with Crippen molar-refractivity contribution in [2.45, 2.75) is 44.0 Å². The molecule has 39 heavy (non-hydrogen) atoms. The number of rotatable bonds is 10. The summed E-state index contributed by atoms with van der Waals surface area (Å²) in [5.41, 5.74) is 0.926. The molecule has 0 aromatic heterocycles. The molecule has 1 aromatic carbocycles. The number of amides is 1. The molecule has 1 amide bonds. The zero-order chi connectivity index (χ0) is 28.4. The van der Waals surface area contributed by atoms with Crippen LogP contribution in [0.25, 0.3) is 6.08 Å². The number of morpholine rings is 1. The number of benzene rings is 1. The first kappa shape index (κ1) is 30.4. The summed E-state index contributed by atoms with van der Waals surface area (Å²) in [6.07, 6.45) is 4.10. The van der Waals surface area contributed by atoms with Crippen molar-refractivity contribution in [2.75, 3.05) is 53.0 Å². The molecule has 2 saturated heterocycles. The summed E-state index contributed by atoms with van der Waals surface area (Å²) >= 11 is 0. The first-order valence-electron chi connectivity index (χ1n) is 13.1. The van der Waals surface area contributed by atoms with Crippen LogP contribution in [0.4, 0.5) is 0 Å². The van der Waals surface area contributed by atoms with E-state index in [0.29, 0.717) is 32.1 Å². The molecular formula is C27H38N2O10. The van der Waals surface area contributed by atoms with E-state index < -0.39 is 24.1 Å². The van der Waals surface area contributed by atoms with Gasteiger partial charge in [0.05, 0.1) is 20.3 Å². The van der Waals surface area contributed by atoms with Gasteiger partial charge in [-0.2, -0.15) is 0 Å². The predicted molar refractivity (Wildman–Crippen MR) is 140 cm³/mol. The number of ether oxygens (including phenoxy) is 3. The van der Waals surface area contributed by atoms with Gasteiger partial charge in [-0.3, -0.25) is 4.79 Å². The molecule has 0 bridgehead atoms. The highest BCUT2D eigenvalue weighted by Crippen LogP contribution is 2.33. The molecule has 2 atom stereocenters. The molecule has 0 unspecified atom stereocenters. The number of carboxylic acids is 2. The minimum Gasteiger partial charge on any atom is -0.493 e. The second kappa shape index (κ2) is 14.8. The Kier molecular flexibility index (Phi) is 11.5. The third kappa shape index (κ3) is 9.81. The lowest BCUT2D eigenvalue weighted by atomic mass is 10.1. The summed E-state index contributed by atoms with van der Waals surface area (Å²) < 4.78 is 17.1. The van der Waals surface area contributed by atoms with Crippen molar-refractivity contribution in [3.63, 3.8) is 0 Å². The highest BCUT2D eigenvalue weighted by atomic mass is 16.5. The minimum absolute atomic E-state index is 0.0190. The van der Waals surface area contributed by atoms with Crippen LogP contribution in [-0.2, 0) is 19.1 Å².